The van der Waals surface area contributed by atoms with Crippen molar-refractivity contribution in [2.24, 2.45) is 16.6 Å². The zero-order valence-corrected chi connectivity index (χ0v) is 15.2. The summed E-state index contributed by atoms with van der Waals surface area (Å²) in [6.45, 7) is 6.47. The molecule has 0 amide bonds. The topological polar surface area (TPSA) is 59.6 Å². The van der Waals surface area contributed by atoms with Gasteiger partial charge in [0.1, 0.15) is 0 Å². The van der Waals surface area contributed by atoms with Gasteiger partial charge in [0.25, 0.3) is 0 Å². The second-order valence-electron chi connectivity index (χ2n) is 5.69. The molecule has 1 fully saturated rings. The van der Waals surface area contributed by atoms with Crippen molar-refractivity contribution in [1.82, 2.24) is 0 Å². The van der Waals surface area contributed by atoms with Crippen LogP contribution in [0, 0.1) is 5.92 Å². The number of nitrogens with two attached hydrogens (primary N) is 1. The summed E-state index contributed by atoms with van der Waals surface area (Å²) in [6.07, 6.45) is 2.64. The third-order valence-corrected chi connectivity index (χ3v) is 3.39. The first kappa shape index (κ1) is 18.2. The van der Waals surface area contributed by atoms with E-state index in [0.29, 0.717) is 25.0 Å². The van der Waals surface area contributed by atoms with Gasteiger partial charge in [0.15, 0.2) is 5.96 Å². The molecule has 1 aliphatic carbocycles. The molecule has 21 heavy (non-hydrogen) atoms. The molecule has 1 aromatic rings. The Bertz CT molecular complexity index is 459. The molecule has 0 aromatic heterocycles. The van der Waals surface area contributed by atoms with Crippen LogP contribution < -0.4 is 11.1 Å². The molecule has 0 aliphatic heterocycles. The Labute approximate surface area is 144 Å². The second kappa shape index (κ2) is 9.25. The van der Waals surface area contributed by atoms with Crippen LogP contribution in [0.1, 0.15) is 38.2 Å². The third kappa shape index (κ3) is 7.13. The molecule has 0 unspecified atom stereocenters. The Hall–Kier alpha value is -0.820. The van der Waals surface area contributed by atoms with Crippen LogP contribution in [0.25, 0.3) is 0 Å². The summed E-state index contributed by atoms with van der Waals surface area (Å²) < 4.78 is 5.52. The summed E-state index contributed by atoms with van der Waals surface area (Å²) in [4.78, 5) is 4.27. The van der Waals surface area contributed by atoms with E-state index in [9.17, 15) is 0 Å². The first-order chi connectivity index (χ1) is 9.65. The second-order valence-corrected chi connectivity index (χ2v) is 5.69. The van der Waals surface area contributed by atoms with Gasteiger partial charge in [-0.2, -0.15) is 0 Å². The lowest BCUT2D eigenvalue weighted by atomic mass is 10.0. The Kier molecular flexibility index (Phi) is 8.03. The Balaban J connectivity index is 0.00000220. The number of nitrogens with one attached hydrogen (secondary N) is 1. The van der Waals surface area contributed by atoms with Crippen molar-refractivity contribution in [2.45, 2.75) is 32.6 Å². The van der Waals surface area contributed by atoms with Crippen molar-refractivity contribution in [3.8, 4) is 0 Å². The summed E-state index contributed by atoms with van der Waals surface area (Å²) in [7, 11) is 0. The van der Waals surface area contributed by atoms with Crippen LogP contribution in [0.2, 0.25) is 0 Å². The molecule has 1 aromatic carbocycles. The molecule has 0 atom stereocenters. The average Bonchev–Trinajstić information content (AvgIpc) is 3.22. The van der Waals surface area contributed by atoms with Crippen molar-refractivity contribution in [3.63, 3.8) is 0 Å². The molecule has 5 heteroatoms. The fraction of sp³-hybridized carbons (Fsp3) is 0.562. The molecule has 3 N–H and O–H groups in total. The van der Waals surface area contributed by atoms with Gasteiger partial charge in [0.2, 0.25) is 0 Å². The maximum Gasteiger partial charge on any atom is 0.193 e. The van der Waals surface area contributed by atoms with E-state index in [0.717, 1.165) is 18.2 Å². The van der Waals surface area contributed by atoms with E-state index in [1.165, 1.54) is 18.4 Å². The number of anilines is 1. The quantitative estimate of drug-likeness (QED) is 0.317. The molecule has 0 saturated heterocycles. The first-order valence-corrected chi connectivity index (χ1v) is 7.40. The molecular formula is C16H26IN3O. The van der Waals surface area contributed by atoms with Crippen LogP contribution >= 0.6 is 24.0 Å². The molecule has 0 heterocycles. The van der Waals surface area contributed by atoms with E-state index in [-0.39, 0.29) is 24.0 Å². The van der Waals surface area contributed by atoms with E-state index in [1.54, 1.807) is 0 Å². The van der Waals surface area contributed by atoms with Crippen molar-refractivity contribution in [3.05, 3.63) is 29.8 Å². The van der Waals surface area contributed by atoms with Crippen LogP contribution in [0.5, 0.6) is 0 Å². The largest absolute Gasteiger partial charge is 0.379 e. The van der Waals surface area contributed by atoms with E-state index in [4.69, 9.17) is 10.5 Å². The number of hydrogen-bond acceptors (Lipinski definition) is 2. The van der Waals surface area contributed by atoms with Crippen molar-refractivity contribution in [1.29, 1.82) is 0 Å². The van der Waals surface area contributed by atoms with E-state index in [1.807, 2.05) is 12.1 Å². The van der Waals surface area contributed by atoms with Gasteiger partial charge in [-0.3, -0.25) is 4.99 Å². The van der Waals surface area contributed by atoms with Crippen molar-refractivity contribution >= 4 is 35.6 Å². The van der Waals surface area contributed by atoms with Gasteiger partial charge in [0.05, 0.1) is 13.2 Å². The predicted molar refractivity (Wildman–Crippen MR) is 99.6 cm³/mol. The minimum absolute atomic E-state index is 0. The summed E-state index contributed by atoms with van der Waals surface area (Å²) in [5, 5.41) is 3.12. The third-order valence-electron chi connectivity index (χ3n) is 3.39. The molecule has 1 saturated carbocycles. The van der Waals surface area contributed by atoms with Crippen LogP contribution in [0.3, 0.4) is 0 Å². The monoisotopic (exact) mass is 403 g/mol. The molecule has 2 rings (SSSR count). The molecule has 1 aliphatic rings. The summed E-state index contributed by atoms with van der Waals surface area (Å²) >= 11 is 0. The normalized spacial score (nSPS) is 14.9. The number of ether oxygens (including phenoxy) is 1. The Morgan fingerprint density at radius 3 is 2.86 bits per heavy atom. The number of aliphatic imine (C=N–C) groups is 1. The van der Waals surface area contributed by atoms with Gasteiger partial charge in [-0.25, -0.2) is 0 Å². The number of rotatable bonds is 7. The fourth-order valence-electron chi connectivity index (χ4n) is 1.93. The van der Waals surface area contributed by atoms with Crippen LogP contribution in [-0.4, -0.2) is 25.7 Å². The SMILES string of the molecule is CC(C)c1cccc(NC(N)=NCCOCC2CC2)c1.I. The van der Waals surface area contributed by atoms with Crippen molar-refractivity contribution in [2.75, 3.05) is 25.1 Å². The van der Waals surface area contributed by atoms with Crippen LogP contribution in [-0.2, 0) is 4.74 Å². The predicted octanol–water partition coefficient (Wildman–Crippen LogP) is 3.58. The highest BCUT2D eigenvalue weighted by Crippen LogP contribution is 2.28. The zero-order chi connectivity index (χ0) is 14.4. The zero-order valence-electron chi connectivity index (χ0n) is 12.8. The lowest BCUT2D eigenvalue weighted by Gasteiger charge is -2.10. The highest BCUT2D eigenvalue weighted by atomic mass is 127. The molecule has 118 valence electrons. The minimum atomic E-state index is 0. The lowest BCUT2D eigenvalue weighted by molar-refractivity contribution is 0.132. The highest BCUT2D eigenvalue weighted by Gasteiger charge is 2.20. The van der Waals surface area contributed by atoms with Gasteiger partial charge in [-0.15, -0.1) is 24.0 Å². The number of nitrogens with zero attached hydrogens (tertiary/aromatic N) is 1. The van der Waals surface area contributed by atoms with Gasteiger partial charge < -0.3 is 15.8 Å². The van der Waals surface area contributed by atoms with E-state index < -0.39 is 0 Å². The molecular weight excluding hydrogens is 377 g/mol. The molecule has 0 radical (unpaired) electrons. The van der Waals surface area contributed by atoms with Crippen LogP contribution in [0.4, 0.5) is 5.69 Å². The minimum Gasteiger partial charge on any atom is -0.379 e. The Morgan fingerprint density at radius 2 is 2.19 bits per heavy atom. The fourth-order valence-corrected chi connectivity index (χ4v) is 1.93. The molecule has 4 nitrogen and oxygen atoms in total. The smallest absolute Gasteiger partial charge is 0.193 e. The highest BCUT2D eigenvalue weighted by molar-refractivity contribution is 14.0. The Morgan fingerprint density at radius 1 is 1.43 bits per heavy atom. The maximum absolute atomic E-state index is 5.87. The van der Waals surface area contributed by atoms with Gasteiger partial charge >= 0.3 is 0 Å². The standard InChI is InChI=1S/C16H25N3O.HI/c1-12(2)14-4-3-5-15(10-14)19-16(17)18-8-9-20-11-13-6-7-13;/h3-5,10,12-13H,6-9,11H2,1-2H3,(H3,17,18,19);1H. The van der Waals surface area contributed by atoms with Gasteiger partial charge in [0, 0.05) is 12.3 Å². The lowest BCUT2D eigenvalue weighted by Crippen LogP contribution is -2.23. The molecule has 0 bridgehead atoms. The number of hydrogen-bond donors (Lipinski definition) is 2. The maximum atomic E-state index is 5.87. The van der Waals surface area contributed by atoms with Gasteiger partial charge in [-0.1, -0.05) is 26.0 Å². The summed E-state index contributed by atoms with van der Waals surface area (Å²) in [5.41, 5.74) is 8.14. The number of halogens is 1. The average molecular weight is 403 g/mol. The first-order valence-electron chi connectivity index (χ1n) is 7.40. The van der Waals surface area contributed by atoms with Gasteiger partial charge in [-0.05, 0) is 42.4 Å². The number of guanidine groups is 1. The summed E-state index contributed by atoms with van der Waals surface area (Å²) in [5.74, 6) is 1.75. The number of benzene rings is 1. The van der Waals surface area contributed by atoms with Crippen LogP contribution in [0.15, 0.2) is 29.3 Å². The summed E-state index contributed by atoms with van der Waals surface area (Å²) in [6, 6.07) is 8.26. The van der Waals surface area contributed by atoms with E-state index in [2.05, 4.69) is 36.3 Å². The van der Waals surface area contributed by atoms with Crippen molar-refractivity contribution < 1.29 is 4.74 Å². The van der Waals surface area contributed by atoms with E-state index >= 15 is 0 Å². The molecule has 0 spiro atoms.